The second kappa shape index (κ2) is 6.91. The third kappa shape index (κ3) is 3.96. The first-order chi connectivity index (χ1) is 9.53. The second-order valence-corrected chi connectivity index (χ2v) is 7.33. The van der Waals surface area contributed by atoms with Crippen molar-refractivity contribution < 1.29 is 17.3 Å². The third-order valence-electron chi connectivity index (χ3n) is 3.29. The van der Waals surface area contributed by atoms with E-state index in [1.165, 1.54) is 12.5 Å². The maximum Gasteiger partial charge on any atom is 0.300 e. The molecule has 1 aliphatic rings. The SMILES string of the molecule is CCOS(=O)(=O)c1ccc(Br)cc1OC1CCCCC1. The van der Waals surface area contributed by atoms with Gasteiger partial charge in [0.2, 0.25) is 0 Å². The Labute approximate surface area is 128 Å². The molecule has 0 N–H and O–H groups in total. The second-order valence-electron chi connectivity index (χ2n) is 4.83. The van der Waals surface area contributed by atoms with Crippen molar-refractivity contribution in [1.82, 2.24) is 0 Å². The number of hydrogen-bond acceptors (Lipinski definition) is 4. The minimum Gasteiger partial charge on any atom is -0.489 e. The molecule has 6 heteroatoms. The van der Waals surface area contributed by atoms with Gasteiger partial charge in [0.25, 0.3) is 0 Å². The zero-order chi connectivity index (χ0) is 14.6. The van der Waals surface area contributed by atoms with Crippen molar-refractivity contribution >= 4 is 26.0 Å². The van der Waals surface area contributed by atoms with E-state index in [9.17, 15) is 8.42 Å². The molecule has 0 heterocycles. The third-order valence-corrected chi connectivity index (χ3v) is 5.21. The summed E-state index contributed by atoms with van der Waals surface area (Å²) in [4.78, 5) is 0.105. The molecule has 1 aliphatic carbocycles. The summed E-state index contributed by atoms with van der Waals surface area (Å²) < 4.78 is 35.7. The first kappa shape index (κ1) is 15.8. The van der Waals surface area contributed by atoms with Gasteiger partial charge in [-0.05, 0) is 50.8 Å². The summed E-state index contributed by atoms with van der Waals surface area (Å²) in [5, 5.41) is 0. The maximum absolute atomic E-state index is 12.1. The number of ether oxygens (including phenoxy) is 1. The first-order valence-corrected chi connectivity index (χ1v) is 9.08. The standard InChI is InChI=1S/C14H19BrO4S/c1-2-18-20(16,17)14-9-8-11(15)10-13(14)19-12-6-4-3-5-7-12/h8-10,12H,2-7H2,1H3. The van der Waals surface area contributed by atoms with Crippen molar-refractivity contribution in [3.8, 4) is 5.75 Å². The number of benzene rings is 1. The molecule has 2 rings (SSSR count). The average Bonchev–Trinajstić information content (AvgIpc) is 2.39. The molecule has 0 aliphatic heterocycles. The summed E-state index contributed by atoms with van der Waals surface area (Å²) in [5.41, 5.74) is 0. The van der Waals surface area contributed by atoms with Gasteiger partial charge in [0, 0.05) is 4.47 Å². The minimum absolute atomic E-state index is 0.0913. The van der Waals surface area contributed by atoms with E-state index in [4.69, 9.17) is 8.92 Å². The molecular formula is C14H19BrO4S. The lowest BCUT2D eigenvalue weighted by Crippen LogP contribution is -2.21. The van der Waals surface area contributed by atoms with Crippen LogP contribution in [0.25, 0.3) is 0 Å². The van der Waals surface area contributed by atoms with Crippen molar-refractivity contribution in [3.63, 3.8) is 0 Å². The highest BCUT2D eigenvalue weighted by atomic mass is 79.9. The van der Waals surface area contributed by atoms with Crippen molar-refractivity contribution in [2.45, 2.75) is 50.0 Å². The largest absolute Gasteiger partial charge is 0.489 e. The van der Waals surface area contributed by atoms with Crippen LogP contribution in [0.1, 0.15) is 39.0 Å². The van der Waals surface area contributed by atoms with Crippen molar-refractivity contribution in [3.05, 3.63) is 22.7 Å². The molecule has 0 unspecified atom stereocenters. The Kier molecular flexibility index (Phi) is 5.46. The molecule has 1 aromatic rings. The van der Waals surface area contributed by atoms with Gasteiger partial charge in [-0.25, -0.2) is 0 Å². The van der Waals surface area contributed by atoms with Gasteiger partial charge in [-0.1, -0.05) is 22.4 Å². The summed E-state index contributed by atoms with van der Waals surface area (Å²) in [5.74, 6) is 0.375. The Morgan fingerprint density at radius 1 is 1.25 bits per heavy atom. The number of rotatable bonds is 5. The van der Waals surface area contributed by atoms with Crippen LogP contribution in [-0.2, 0) is 14.3 Å². The van der Waals surface area contributed by atoms with Crippen LogP contribution in [0.2, 0.25) is 0 Å². The monoisotopic (exact) mass is 362 g/mol. The number of hydrogen-bond donors (Lipinski definition) is 0. The van der Waals surface area contributed by atoms with E-state index < -0.39 is 10.1 Å². The predicted octanol–water partition coefficient (Wildman–Crippen LogP) is 3.89. The van der Waals surface area contributed by atoms with Crippen molar-refractivity contribution in [2.24, 2.45) is 0 Å². The highest BCUT2D eigenvalue weighted by molar-refractivity contribution is 9.10. The number of halogens is 1. The molecule has 0 saturated heterocycles. The highest BCUT2D eigenvalue weighted by Gasteiger charge is 2.23. The van der Waals surface area contributed by atoms with Gasteiger partial charge in [0.1, 0.15) is 10.6 Å². The molecule has 1 saturated carbocycles. The lowest BCUT2D eigenvalue weighted by Gasteiger charge is -2.24. The Bertz CT molecular complexity index is 550. The molecule has 0 spiro atoms. The maximum atomic E-state index is 12.1. The normalized spacial score (nSPS) is 17.1. The van der Waals surface area contributed by atoms with E-state index in [-0.39, 0.29) is 17.6 Å². The molecule has 0 amide bonds. The van der Waals surface area contributed by atoms with Gasteiger partial charge in [-0.2, -0.15) is 8.42 Å². The van der Waals surface area contributed by atoms with Crippen LogP contribution in [-0.4, -0.2) is 21.1 Å². The molecule has 1 aromatic carbocycles. The summed E-state index contributed by atoms with van der Waals surface area (Å²) in [7, 11) is -3.75. The fourth-order valence-corrected chi connectivity index (χ4v) is 3.73. The van der Waals surface area contributed by atoms with E-state index >= 15 is 0 Å². The zero-order valence-corrected chi connectivity index (χ0v) is 13.9. The van der Waals surface area contributed by atoms with Gasteiger partial charge >= 0.3 is 10.1 Å². The van der Waals surface area contributed by atoms with E-state index in [2.05, 4.69) is 15.9 Å². The van der Waals surface area contributed by atoms with Crippen LogP contribution in [0, 0.1) is 0 Å². The highest BCUT2D eigenvalue weighted by Crippen LogP contribution is 2.32. The van der Waals surface area contributed by atoms with Gasteiger partial charge in [0.15, 0.2) is 0 Å². The average molecular weight is 363 g/mol. The van der Waals surface area contributed by atoms with Crippen LogP contribution < -0.4 is 4.74 Å². The van der Waals surface area contributed by atoms with Crippen molar-refractivity contribution in [1.29, 1.82) is 0 Å². The Morgan fingerprint density at radius 3 is 2.60 bits per heavy atom. The van der Waals surface area contributed by atoms with Crippen LogP contribution >= 0.6 is 15.9 Å². The minimum atomic E-state index is -3.75. The molecule has 0 bridgehead atoms. The Balaban J connectivity index is 2.28. The molecule has 112 valence electrons. The van der Waals surface area contributed by atoms with Crippen LogP contribution in [0.5, 0.6) is 5.75 Å². The fraction of sp³-hybridized carbons (Fsp3) is 0.571. The van der Waals surface area contributed by atoms with E-state index in [0.717, 1.165) is 30.2 Å². The quantitative estimate of drug-likeness (QED) is 0.745. The van der Waals surface area contributed by atoms with Gasteiger partial charge in [0.05, 0.1) is 12.7 Å². The molecule has 0 aromatic heterocycles. The predicted molar refractivity (Wildman–Crippen MR) is 80.5 cm³/mol. The van der Waals surface area contributed by atoms with Crippen LogP contribution in [0.4, 0.5) is 0 Å². The molecular weight excluding hydrogens is 344 g/mol. The van der Waals surface area contributed by atoms with Crippen LogP contribution in [0.15, 0.2) is 27.6 Å². The van der Waals surface area contributed by atoms with Crippen LogP contribution in [0.3, 0.4) is 0 Å². The van der Waals surface area contributed by atoms with Gasteiger partial charge < -0.3 is 4.74 Å². The summed E-state index contributed by atoms with van der Waals surface area (Å²) in [6, 6.07) is 4.90. The summed E-state index contributed by atoms with van der Waals surface area (Å²) in [6.45, 7) is 1.76. The summed E-state index contributed by atoms with van der Waals surface area (Å²) in [6.07, 6.45) is 5.52. The topological polar surface area (TPSA) is 52.6 Å². The zero-order valence-electron chi connectivity index (χ0n) is 11.5. The van der Waals surface area contributed by atoms with Crippen molar-refractivity contribution in [2.75, 3.05) is 6.61 Å². The molecule has 0 radical (unpaired) electrons. The molecule has 4 nitrogen and oxygen atoms in total. The van der Waals surface area contributed by atoms with E-state index in [0.29, 0.717) is 5.75 Å². The molecule has 0 atom stereocenters. The first-order valence-electron chi connectivity index (χ1n) is 6.88. The Morgan fingerprint density at radius 2 is 1.95 bits per heavy atom. The lowest BCUT2D eigenvalue weighted by atomic mass is 9.98. The smallest absolute Gasteiger partial charge is 0.300 e. The summed E-state index contributed by atoms with van der Waals surface area (Å²) >= 11 is 3.35. The van der Waals surface area contributed by atoms with E-state index in [1.54, 1.807) is 19.1 Å². The molecule has 20 heavy (non-hydrogen) atoms. The van der Waals surface area contributed by atoms with Gasteiger partial charge in [-0.15, -0.1) is 0 Å². The molecule has 1 fully saturated rings. The Hall–Kier alpha value is -0.590. The lowest BCUT2D eigenvalue weighted by molar-refractivity contribution is 0.150. The fourth-order valence-electron chi connectivity index (χ4n) is 2.36. The van der Waals surface area contributed by atoms with Gasteiger partial charge in [-0.3, -0.25) is 4.18 Å². The van der Waals surface area contributed by atoms with E-state index in [1.807, 2.05) is 0 Å².